The van der Waals surface area contributed by atoms with Gasteiger partial charge in [-0.3, -0.25) is 4.79 Å². The second kappa shape index (κ2) is 18.0. The fourth-order valence-corrected chi connectivity index (χ4v) is 2.29. The molecular weight excluding hydrogens is 276 g/mol. The molecule has 0 aromatic carbocycles. The molecule has 3 heteroatoms. The van der Waals surface area contributed by atoms with Gasteiger partial charge in [0.2, 0.25) is 0 Å². The van der Waals surface area contributed by atoms with Crippen molar-refractivity contribution >= 4 is 5.97 Å². The number of hydrogen-bond donors (Lipinski definition) is 1. The maximum atomic E-state index is 10.3. The first-order chi connectivity index (χ1) is 8.77. The molecule has 2 nitrogen and oxygen atoms in total. The van der Waals surface area contributed by atoms with Crippen molar-refractivity contribution in [1.82, 2.24) is 0 Å². The SMILES string of the molecule is CCCCCCCCCCCCCCCC(=O)O.[Cr]. The molecule has 0 atom stereocenters. The van der Waals surface area contributed by atoms with Crippen LogP contribution < -0.4 is 0 Å². The molecule has 0 fully saturated rings. The standard InChI is InChI=1S/C16H32O2.Cr/c1-2-3-4-5-6-7-8-9-10-11-12-13-14-15-16(17)18;/h2-15H2,1H3,(H,17,18);. The topological polar surface area (TPSA) is 37.3 Å². The van der Waals surface area contributed by atoms with E-state index in [0.29, 0.717) is 6.42 Å². The first-order valence-corrected chi connectivity index (χ1v) is 7.99. The molecule has 0 aromatic heterocycles. The Bertz CT molecular complexity index is 184. The first kappa shape index (κ1) is 21.3. The van der Waals surface area contributed by atoms with E-state index < -0.39 is 5.97 Å². The summed E-state index contributed by atoms with van der Waals surface area (Å²) in [6.45, 7) is 2.26. The second-order valence-corrected chi connectivity index (χ2v) is 5.39. The number of rotatable bonds is 14. The number of carboxylic acids is 1. The van der Waals surface area contributed by atoms with E-state index in [4.69, 9.17) is 5.11 Å². The predicted molar refractivity (Wildman–Crippen MR) is 77.9 cm³/mol. The molecule has 0 saturated carbocycles. The molecular formula is C16H32CrO2. The third-order valence-corrected chi connectivity index (χ3v) is 3.49. The molecule has 0 saturated heterocycles. The predicted octanol–water partition coefficient (Wildman–Crippen LogP) is 5.55. The van der Waals surface area contributed by atoms with Gasteiger partial charge in [0.25, 0.3) is 0 Å². The van der Waals surface area contributed by atoms with Crippen LogP contribution in [0.4, 0.5) is 0 Å². The summed E-state index contributed by atoms with van der Waals surface area (Å²) in [5.41, 5.74) is 0. The van der Waals surface area contributed by atoms with Gasteiger partial charge in [-0.2, -0.15) is 0 Å². The summed E-state index contributed by atoms with van der Waals surface area (Å²) in [6.07, 6.45) is 17.3. The van der Waals surface area contributed by atoms with Crippen LogP contribution in [0.25, 0.3) is 0 Å². The number of carboxylic acid groups (broad SMARTS) is 1. The van der Waals surface area contributed by atoms with Gasteiger partial charge in [0, 0.05) is 23.8 Å². The Kier molecular flexibility index (Phi) is 20.2. The number of aliphatic carboxylic acids is 1. The summed E-state index contributed by atoms with van der Waals surface area (Å²) in [4.78, 5) is 10.3. The average Bonchev–Trinajstić information content (AvgIpc) is 2.34. The zero-order valence-corrected chi connectivity index (χ0v) is 13.9. The van der Waals surface area contributed by atoms with Crippen LogP contribution in [0.1, 0.15) is 96.8 Å². The van der Waals surface area contributed by atoms with E-state index in [1.165, 1.54) is 70.6 Å². The van der Waals surface area contributed by atoms with Crippen LogP contribution in [0.15, 0.2) is 0 Å². The maximum absolute atomic E-state index is 10.3. The fourth-order valence-electron chi connectivity index (χ4n) is 2.29. The van der Waals surface area contributed by atoms with Gasteiger partial charge in [0.15, 0.2) is 0 Å². The number of hydrogen-bond acceptors (Lipinski definition) is 1. The minimum Gasteiger partial charge on any atom is -0.481 e. The van der Waals surface area contributed by atoms with E-state index in [0.717, 1.165) is 12.8 Å². The smallest absolute Gasteiger partial charge is 0.303 e. The summed E-state index contributed by atoms with van der Waals surface area (Å²) < 4.78 is 0. The van der Waals surface area contributed by atoms with E-state index in [9.17, 15) is 4.79 Å². The molecule has 1 N–H and O–H groups in total. The Morgan fingerprint density at radius 3 is 1.32 bits per heavy atom. The Morgan fingerprint density at radius 2 is 1.00 bits per heavy atom. The van der Waals surface area contributed by atoms with E-state index >= 15 is 0 Å². The third-order valence-electron chi connectivity index (χ3n) is 3.49. The maximum Gasteiger partial charge on any atom is 0.303 e. The van der Waals surface area contributed by atoms with Gasteiger partial charge in [-0.05, 0) is 6.42 Å². The molecule has 0 rings (SSSR count). The quantitative estimate of drug-likeness (QED) is 0.427. The van der Waals surface area contributed by atoms with Crippen molar-refractivity contribution in [2.75, 3.05) is 0 Å². The molecule has 0 aliphatic heterocycles. The molecule has 114 valence electrons. The monoisotopic (exact) mass is 308 g/mol. The summed E-state index contributed by atoms with van der Waals surface area (Å²) in [5, 5.41) is 8.49. The summed E-state index contributed by atoms with van der Waals surface area (Å²) >= 11 is 0. The molecule has 19 heavy (non-hydrogen) atoms. The Morgan fingerprint density at radius 1 is 0.684 bits per heavy atom. The minimum absolute atomic E-state index is 0. The molecule has 0 radical (unpaired) electrons. The number of carbonyl (C=O) groups is 1. The molecule has 0 aliphatic rings. The summed E-state index contributed by atoms with van der Waals surface area (Å²) in [6, 6.07) is 0. The van der Waals surface area contributed by atoms with E-state index in [2.05, 4.69) is 6.92 Å². The minimum atomic E-state index is -0.655. The third kappa shape index (κ3) is 20.5. The van der Waals surface area contributed by atoms with Gasteiger partial charge in [-0.1, -0.05) is 84.0 Å². The zero-order valence-electron chi connectivity index (χ0n) is 12.7. The van der Waals surface area contributed by atoms with Gasteiger partial charge in [0.05, 0.1) is 0 Å². The molecule has 0 aromatic rings. The van der Waals surface area contributed by atoms with E-state index in [1.807, 2.05) is 0 Å². The van der Waals surface area contributed by atoms with Crippen molar-refractivity contribution in [1.29, 1.82) is 0 Å². The van der Waals surface area contributed by atoms with Crippen molar-refractivity contribution in [3.8, 4) is 0 Å². The van der Waals surface area contributed by atoms with Crippen molar-refractivity contribution in [2.45, 2.75) is 96.8 Å². The van der Waals surface area contributed by atoms with Gasteiger partial charge in [0.1, 0.15) is 0 Å². The van der Waals surface area contributed by atoms with Crippen molar-refractivity contribution in [3.63, 3.8) is 0 Å². The normalized spacial score (nSPS) is 10.2. The second-order valence-electron chi connectivity index (χ2n) is 5.39. The van der Waals surface area contributed by atoms with Gasteiger partial charge < -0.3 is 5.11 Å². The van der Waals surface area contributed by atoms with Crippen LogP contribution in [0, 0.1) is 0 Å². The van der Waals surface area contributed by atoms with Crippen LogP contribution in [0.3, 0.4) is 0 Å². The first-order valence-electron chi connectivity index (χ1n) is 7.99. The Hall–Kier alpha value is 0.00247. The largest absolute Gasteiger partial charge is 0.481 e. The van der Waals surface area contributed by atoms with Crippen molar-refractivity contribution in [3.05, 3.63) is 0 Å². The zero-order chi connectivity index (χ0) is 13.5. The van der Waals surface area contributed by atoms with Crippen molar-refractivity contribution < 1.29 is 27.3 Å². The summed E-state index contributed by atoms with van der Waals surface area (Å²) in [5.74, 6) is -0.655. The van der Waals surface area contributed by atoms with Crippen LogP contribution in [-0.2, 0) is 22.2 Å². The molecule has 0 spiro atoms. The average molecular weight is 308 g/mol. The fraction of sp³-hybridized carbons (Fsp3) is 0.938. The van der Waals surface area contributed by atoms with E-state index in [1.54, 1.807) is 0 Å². The van der Waals surface area contributed by atoms with Crippen LogP contribution in [0.5, 0.6) is 0 Å². The van der Waals surface area contributed by atoms with Gasteiger partial charge >= 0.3 is 5.97 Å². The Balaban J connectivity index is 0. The van der Waals surface area contributed by atoms with Crippen LogP contribution in [-0.4, -0.2) is 11.1 Å². The molecule has 0 heterocycles. The van der Waals surface area contributed by atoms with Crippen LogP contribution >= 0.6 is 0 Å². The molecule has 0 bridgehead atoms. The summed E-state index contributed by atoms with van der Waals surface area (Å²) in [7, 11) is 0. The number of unbranched alkanes of at least 4 members (excludes halogenated alkanes) is 12. The van der Waals surface area contributed by atoms with Gasteiger partial charge in [-0.15, -0.1) is 0 Å². The van der Waals surface area contributed by atoms with Crippen LogP contribution in [0.2, 0.25) is 0 Å². The Labute approximate surface area is 130 Å². The van der Waals surface area contributed by atoms with Crippen molar-refractivity contribution in [2.24, 2.45) is 0 Å². The van der Waals surface area contributed by atoms with E-state index in [-0.39, 0.29) is 17.4 Å². The molecule has 0 unspecified atom stereocenters. The molecule has 0 amide bonds. The molecule has 0 aliphatic carbocycles. The van der Waals surface area contributed by atoms with Gasteiger partial charge in [-0.25, -0.2) is 0 Å².